The summed E-state index contributed by atoms with van der Waals surface area (Å²) in [5.41, 5.74) is 0.856. The third kappa shape index (κ3) is 3.17. The fourth-order valence-corrected chi connectivity index (χ4v) is 1.30. The Morgan fingerprint density at radius 1 is 1.20 bits per heavy atom. The minimum absolute atomic E-state index is 0. The molecule has 0 saturated carbocycles. The Kier molecular flexibility index (Phi) is 6.51. The Balaban J connectivity index is 0.000000980. The van der Waals surface area contributed by atoms with Gasteiger partial charge < -0.3 is 24.8 Å². The van der Waals surface area contributed by atoms with Crippen molar-refractivity contribution >= 4 is 0 Å². The van der Waals surface area contributed by atoms with Gasteiger partial charge in [-0.3, -0.25) is 0 Å². The van der Waals surface area contributed by atoms with Crippen LogP contribution in [0, 0.1) is 0 Å². The summed E-state index contributed by atoms with van der Waals surface area (Å²) < 4.78 is 5.15. The van der Waals surface area contributed by atoms with Crippen LogP contribution >= 0.6 is 0 Å². The summed E-state index contributed by atoms with van der Waals surface area (Å²) in [7, 11) is 0. The Hall–Kier alpha value is -0.616. The van der Waals surface area contributed by atoms with Crippen LogP contribution in [0.5, 0.6) is 5.75 Å². The van der Waals surface area contributed by atoms with Gasteiger partial charge in [0.1, 0.15) is 0 Å². The fraction of sp³-hybridized carbons (Fsp3) is 0. The van der Waals surface area contributed by atoms with Crippen molar-refractivity contribution in [3.8, 4) is 17.1 Å². The third-order valence-electron chi connectivity index (χ3n) is 1.60. The van der Waals surface area contributed by atoms with Gasteiger partial charge in [0, 0.05) is 0 Å². The van der Waals surface area contributed by atoms with E-state index in [0.717, 1.165) is 11.3 Å². The number of aromatic amines is 1. The molecule has 2 rings (SSSR count). The van der Waals surface area contributed by atoms with Crippen LogP contribution in [0.4, 0.5) is 0 Å². The molecule has 0 amide bonds. The van der Waals surface area contributed by atoms with Gasteiger partial charge in [0.2, 0.25) is 0 Å². The molecule has 2 aromatic rings. The van der Waals surface area contributed by atoms with Gasteiger partial charge in [0.05, 0.1) is 0 Å². The summed E-state index contributed by atoms with van der Waals surface area (Å²) >= 11 is 1.61. The van der Waals surface area contributed by atoms with Gasteiger partial charge in [0.15, 0.2) is 0 Å². The van der Waals surface area contributed by atoms with Crippen molar-refractivity contribution in [2.75, 3.05) is 0 Å². The standard InChI is InChI=1S/C7H6N4O.2ClH.Ti/c12-6-4-2-1-3-5(6)7-8-10-11-9-7;;;/h1-4,12H,(H,8,9,10,11);2*1H;/q;;;+3/p-3. The number of halogens is 2. The van der Waals surface area contributed by atoms with Crippen LogP contribution < -0.4 is 28.1 Å². The number of hydrogen-bond donors (Lipinski definition) is 1. The molecule has 1 aromatic carbocycles. The van der Waals surface area contributed by atoms with E-state index < -0.39 is 0 Å². The summed E-state index contributed by atoms with van der Waals surface area (Å²) in [6, 6.07) is 7.55. The van der Waals surface area contributed by atoms with Crippen molar-refractivity contribution in [2.45, 2.75) is 0 Å². The van der Waals surface area contributed by atoms with Crippen LogP contribution in [0.15, 0.2) is 24.3 Å². The Morgan fingerprint density at radius 2 is 1.93 bits per heavy atom. The Morgan fingerprint density at radius 3 is 2.53 bits per heavy atom. The monoisotopic (exact) mass is 279 g/mol. The van der Waals surface area contributed by atoms with E-state index in [1.165, 1.54) is 0 Å². The number of para-hydroxylation sites is 1. The van der Waals surface area contributed by atoms with Gasteiger partial charge in [-0.05, 0) is 0 Å². The summed E-state index contributed by atoms with van der Waals surface area (Å²) in [6.45, 7) is 0. The van der Waals surface area contributed by atoms with E-state index >= 15 is 0 Å². The van der Waals surface area contributed by atoms with E-state index in [-0.39, 0.29) is 24.8 Å². The number of rotatable bonds is 2. The van der Waals surface area contributed by atoms with E-state index in [9.17, 15) is 0 Å². The molecule has 0 spiro atoms. The topological polar surface area (TPSA) is 63.7 Å². The molecule has 8 heteroatoms. The van der Waals surface area contributed by atoms with Gasteiger partial charge in [0.25, 0.3) is 0 Å². The van der Waals surface area contributed by atoms with Crippen LogP contribution in [-0.4, -0.2) is 20.6 Å². The zero-order valence-electron chi connectivity index (χ0n) is 7.32. The molecule has 0 bridgehead atoms. The second-order valence-corrected chi connectivity index (χ2v) is 2.67. The summed E-state index contributed by atoms with van der Waals surface area (Å²) in [4.78, 5) is 0. The van der Waals surface area contributed by atoms with Crippen molar-refractivity contribution in [2.24, 2.45) is 0 Å². The van der Waals surface area contributed by atoms with Crippen molar-refractivity contribution < 1.29 is 49.0 Å². The molecule has 1 N–H and O–H groups in total. The molecule has 15 heavy (non-hydrogen) atoms. The van der Waals surface area contributed by atoms with Crippen molar-refractivity contribution in [3.05, 3.63) is 24.3 Å². The van der Waals surface area contributed by atoms with Gasteiger partial charge in [-0.15, -0.1) is 0 Å². The average molecular weight is 280 g/mol. The molecule has 0 radical (unpaired) electrons. The number of nitrogens with zero attached hydrogens (tertiary/aromatic N) is 3. The van der Waals surface area contributed by atoms with E-state index in [1.54, 1.807) is 20.8 Å². The molecular weight excluding hydrogens is 275 g/mol. The predicted molar refractivity (Wildman–Crippen MR) is 40.2 cm³/mol. The molecular formula is C7H5Cl2N4OTi. The third-order valence-corrected chi connectivity index (χ3v) is 1.94. The first-order valence-electron chi connectivity index (χ1n) is 3.58. The number of hydrogen-bond acceptors (Lipinski definition) is 4. The first-order chi connectivity index (χ1) is 6.42. The quantitative estimate of drug-likeness (QED) is 0.558. The van der Waals surface area contributed by atoms with Gasteiger partial charge in [-0.1, -0.05) is 0 Å². The van der Waals surface area contributed by atoms with Gasteiger partial charge in [-0.25, -0.2) is 0 Å². The molecule has 1 aromatic heterocycles. The first kappa shape index (κ1) is 14.4. The van der Waals surface area contributed by atoms with E-state index in [1.807, 2.05) is 24.3 Å². The first-order valence-corrected chi connectivity index (χ1v) is 4.22. The van der Waals surface area contributed by atoms with Crippen molar-refractivity contribution in [1.82, 2.24) is 20.6 Å². The van der Waals surface area contributed by atoms with Crippen LogP contribution in [-0.2, 0) is 20.8 Å². The van der Waals surface area contributed by atoms with Crippen LogP contribution in [0.25, 0.3) is 11.4 Å². The average Bonchev–Trinajstić information content (AvgIpc) is 2.70. The molecule has 0 fully saturated rings. The number of benzene rings is 1. The predicted octanol–water partition coefficient (Wildman–Crippen LogP) is -5.28. The second kappa shape index (κ2) is 6.79. The number of aromatic nitrogens is 4. The zero-order valence-corrected chi connectivity index (χ0v) is 10.4. The zero-order chi connectivity index (χ0) is 9.10. The normalized spacial score (nSPS) is 8.67. The van der Waals surface area contributed by atoms with Gasteiger partial charge >= 0.3 is 86.2 Å². The molecule has 0 aliphatic rings. The second-order valence-electron chi connectivity index (χ2n) is 2.35. The summed E-state index contributed by atoms with van der Waals surface area (Å²) in [6.07, 6.45) is 0. The molecule has 5 nitrogen and oxygen atoms in total. The van der Waals surface area contributed by atoms with Crippen LogP contribution in [0.3, 0.4) is 0 Å². The molecule has 0 aliphatic heterocycles. The number of tetrazole rings is 1. The fourth-order valence-electron chi connectivity index (χ4n) is 1.02. The molecule has 0 aliphatic carbocycles. The van der Waals surface area contributed by atoms with Crippen molar-refractivity contribution in [1.29, 1.82) is 0 Å². The maximum absolute atomic E-state index is 5.15. The summed E-state index contributed by atoms with van der Waals surface area (Å²) in [5.74, 6) is 1.36. The van der Waals surface area contributed by atoms with Crippen LogP contribution in [0.1, 0.15) is 0 Å². The Labute approximate surface area is 111 Å². The minimum atomic E-state index is 0. The molecule has 77 valence electrons. The summed E-state index contributed by atoms with van der Waals surface area (Å²) in [5, 5.41) is 13.5. The number of H-pyrrole nitrogens is 1. The Bertz CT molecular complexity index is 398. The molecule has 0 atom stereocenters. The maximum atomic E-state index is 5.15. The SMILES string of the molecule is [Cl-].[Cl-].[Ti+2][O]c1ccccc1-c1nnn[nH]1. The van der Waals surface area contributed by atoms with E-state index in [2.05, 4.69) is 20.6 Å². The van der Waals surface area contributed by atoms with Crippen LogP contribution in [0.2, 0.25) is 0 Å². The van der Waals surface area contributed by atoms with Gasteiger partial charge in [-0.2, -0.15) is 0 Å². The molecule has 1 heterocycles. The van der Waals surface area contributed by atoms with E-state index in [0.29, 0.717) is 5.82 Å². The van der Waals surface area contributed by atoms with Crippen molar-refractivity contribution in [3.63, 3.8) is 0 Å². The molecule has 0 unspecified atom stereocenters. The number of nitrogens with one attached hydrogen (secondary N) is 1. The molecule has 0 saturated heterocycles. The van der Waals surface area contributed by atoms with E-state index in [4.69, 9.17) is 3.32 Å².